The van der Waals surface area contributed by atoms with E-state index in [1.807, 2.05) is 42.5 Å². The Morgan fingerprint density at radius 2 is 2.00 bits per heavy atom. The lowest BCUT2D eigenvalue weighted by atomic mass is 9.80. The maximum absolute atomic E-state index is 12.0. The standard InChI is InChI=1S/C16H18N2O3/c19-15-10-5-11-17(15)14-9-4-8-13(16(14)18(20)21)12-6-2-1-3-7-12/h1-4,6-7,9,13-14,16H,5,8,10-11H2/t13-,14+,16-/m0/s1. The van der Waals surface area contributed by atoms with Crippen LogP contribution in [0, 0.1) is 10.1 Å². The highest BCUT2D eigenvalue weighted by Crippen LogP contribution is 2.34. The molecule has 0 N–H and O–H groups in total. The third kappa shape index (κ3) is 2.55. The molecule has 3 atom stereocenters. The molecule has 5 nitrogen and oxygen atoms in total. The molecule has 1 fully saturated rings. The van der Waals surface area contributed by atoms with Gasteiger partial charge in [0.1, 0.15) is 6.04 Å². The summed E-state index contributed by atoms with van der Waals surface area (Å²) in [4.78, 5) is 25.1. The molecule has 0 bridgehead atoms. The van der Waals surface area contributed by atoms with Crippen molar-refractivity contribution in [1.82, 2.24) is 4.90 Å². The van der Waals surface area contributed by atoms with Gasteiger partial charge >= 0.3 is 0 Å². The second-order valence-corrected chi connectivity index (χ2v) is 5.64. The zero-order valence-electron chi connectivity index (χ0n) is 11.7. The molecule has 21 heavy (non-hydrogen) atoms. The van der Waals surface area contributed by atoms with Crippen LogP contribution in [-0.2, 0) is 4.79 Å². The van der Waals surface area contributed by atoms with Gasteiger partial charge in [0.15, 0.2) is 0 Å². The van der Waals surface area contributed by atoms with Gasteiger partial charge in [0.25, 0.3) is 0 Å². The topological polar surface area (TPSA) is 63.5 Å². The Labute approximate surface area is 123 Å². The van der Waals surface area contributed by atoms with Crippen molar-refractivity contribution in [1.29, 1.82) is 0 Å². The first-order chi connectivity index (χ1) is 10.2. The molecule has 1 amide bonds. The summed E-state index contributed by atoms with van der Waals surface area (Å²) in [5.74, 6) is -0.144. The maximum atomic E-state index is 12.0. The lowest BCUT2D eigenvalue weighted by Crippen LogP contribution is -2.50. The van der Waals surface area contributed by atoms with E-state index in [0.717, 1.165) is 12.0 Å². The van der Waals surface area contributed by atoms with E-state index in [4.69, 9.17) is 0 Å². The van der Waals surface area contributed by atoms with Crippen molar-refractivity contribution in [2.45, 2.75) is 37.3 Å². The van der Waals surface area contributed by atoms with Crippen molar-refractivity contribution in [3.63, 3.8) is 0 Å². The fraction of sp³-hybridized carbons (Fsp3) is 0.438. The van der Waals surface area contributed by atoms with Gasteiger partial charge in [0.2, 0.25) is 11.9 Å². The molecule has 0 spiro atoms. The highest BCUT2D eigenvalue weighted by Gasteiger charge is 2.45. The summed E-state index contributed by atoms with van der Waals surface area (Å²) in [6.45, 7) is 0.625. The Balaban J connectivity index is 1.94. The average Bonchev–Trinajstić information content (AvgIpc) is 2.93. The number of hydrogen-bond donors (Lipinski definition) is 0. The molecule has 1 aliphatic heterocycles. The third-order valence-electron chi connectivity index (χ3n) is 4.43. The highest BCUT2D eigenvalue weighted by molar-refractivity contribution is 5.78. The number of rotatable bonds is 3. The molecule has 2 aliphatic rings. The number of likely N-dealkylation sites (tertiary alicyclic amines) is 1. The minimum atomic E-state index is -0.764. The van der Waals surface area contributed by atoms with Crippen LogP contribution < -0.4 is 0 Å². The molecule has 5 heteroatoms. The summed E-state index contributed by atoms with van der Waals surface area (Å²) in [6, 6.07) is 8.40. The van der Waals surface area contributed by atoms with E-state index in [1.165, 1.54) is 0 Å². The van der Waals surface area contributed by atoms with Gasteiger partial charge in [-0.3, -0.25) is 14.9 Å². The van der Waals surface area contributed by atoms with E-state index in [9.17, 15) is 14.9 Å². The van der Waals surface area contributed by atoms with Crippen LogP contribution in [0.4, 0.5) is 0 Å². The second-order valence-electron chi connectivity index (χ2n) is 5.64. The molecule has 0 radical (unpaired) electrons. The van der Waals surface area contributed by atoms with Gasteiger partial charge in [0.05, 0.1) is 5.92 Å². The van der Waals surface area contributed by atoms with E-state index in [1.54, 1.807) is 4.90 Å². The van der Waals surface area contributed by atoms with Crippen LogP contribution in [0.25, 0.3) is 0 Å². The predicted octanol–water partition coefficient (Wildman–Crippen LogP) is 2.37. The largest absolute Gasteiger partial charge is 0.329 e. The number of amides is 1. The van der Waals surface area contributed by atoms with Crippen LogP contribution in [0.15, 0.2) is 42.5 Å². The van der Waals surface area contributed by atoms with Crippen molar-refractivity contribution >= 4 is 5.91 Å². The molecular formula is C16H18N2O3. The number of nitrogens with zero attached hydrogens (tertiary/aromatic N) is 2. The van der Waals surface area contributed by atoms with Gasteiger partial charge in [-0.15, -0.1) is 0 Å². The summed E-state index contributed by atoms with van der Waals surface area (Å²) >= 11 is 0. The SMILES string of the molecule is O=C1CCCN1[C@@H]1C=CC[C@@H](c2ccccc2)[C@@H]1[N+](=O)[O-]. The minimum absolute atomic E-state index is 0.0326. The van der Waals surface area contributed by atoms with Crippen LogP contribution in [0.1, 0.15) is 30.7 Å². The molecule has 3 rings (SSSR count). The molecular weight excluding hydrogens is 268 g/mol. The quantitative estimate of drug-likeness (QED) is 0.487. The normalized spacial score (nSPS) is 28.9. The molecule has 1 saturated heterocycles. The van der Waals surface area contributed by atoms with Gasteiger partial charge in [-0.05, 0) is 18.4 Å². The number of allylic oxidation sites excluding steroid dienone is 1. The fourth-order valence-corrected chi connectivity index (χ4v) is 3.43. The Hall–Kier alpha value is -2.17. The van der Waals surface area contributed by atoms with Crippen molar-refractivity contribution in [2.75, 3.05) is 6.54 Å². The van der Waals surface area contributed by atoms with Gasteiger partial charge in [-0.1, -0.05) is 42.5 Å². The number of carbonyl (C=O) groups is 1. The van der Waals surface area contributed by atoms with Gasteiger partial charge in [0, 0.05) is 17.9 Å². The van der Waals surface area contributed by atoms with Gasteiger partial charge in [-0.2, -0.15) is 0 Å². The highest BCUT2D eigenvalue weighted by atomic mass is 16.6. The molecule has 1 aromatic rings. The molecule has 0 aromatic heterocycles. The summed E-state index contributed by atoms with van der Waals surface area (Å²) < 4.78 is 0. The lowest BCUT2D eigenvalue weighted by molar-refractivity contribution is -0.532. The third-order valence-corrected chi connectivity index (χ3v) is 4.43. The Bertz CT molecular complexity index is 570. The smallest absolute Gasteiger partial charge is 0.243 e. The number of benzene rings is 1. The Morgan fingerprint density at radius 1 is 1.24 bits per heavy atom. The van der Waals surface area contributed by atoms with Crippen LogP contribution in [0.5, 0.6) is 0 Å². The average molecular weight is 286 g/mol. The maximum Gasteiger partial charge on any atom is 0.243 e. The molecule has 1 aliphatic carbocycles. The van der Waals surface area contributed by atoms with Gasteiger partial charge < -0.3 is 4.90 Å². The molecule has 0 unspecified atom stereocenters. The zero-order chi connectivity index (χ0) is 14.8. The first-order valence-electron chi connectivity index (χ1n) is 7.33. The fourth-order valence-electron chi connectivity index (χ4n) is 3.43. The Morgan fingerprint density at radius 3 is 2.62 bits per heavy atom. The zero-order valence-corrected chi connectivity index (χ0v) is 11.7. The van der Waals surface area contributed by atoms with Crippen molar-refractivity contribution in [3.8, 4) is 0 Å². The van der Waals surface area contributed by atoms with E-state index in [2.05, 4.69) is 0 Å². The summed E-state index contributed by atoms with van der Waals surface area (Å²) in [5.41, 5.74) is 0.972. The van der Waals surface area contributed by atoms with E-state index < -0.39 is 12.1 Å². The van der Waals surface area contributed by atoms with E-state index in [-0.39, 0.29) is 16.7 Å². The number of carbonyl (C=O) groups excluding carboxylic acids is 1. The first-order valence-corrected chi connectivity index (χ1v) is 7.33. The summed E-state index contributed by atoms with van der Waals surface area (Å²) in [7, 11) is 0. The van der Waals surface area contributed by atoms with Crippen molar-refractivity contribution in [2.24, 2.45) is 0 Å². The van der Waals surface area contributed by atoms with Crippen LogP contribution >= 0.6 is 0 Å². The minimum Gasteiger partial charge on any atom is -0.329 e. The molecule has 1 aromatic carbocycles. The van der Waals surface area contributed by atoms with Crippen molar-refractivity contribution in [3.05, 3.63) is 58.2 Å². The second kappa shape index (κ2) is 5.68. The molecule has 110 valence electrons. The van der Waals surface area contributed by atoms with Crippen LogP contribution in [0.2, 0.25) is 0 Å². The number of hydrogen-bond acceptors (Lipinski definition) is 3. The summed E-state index contributed by atoms with van der Waals surface area (Å²) in [5, 5.41) is 11.6. The van der Waals surface area contributed by atoms with Crippen LogP contribution in [-0.4, -0.2) is 34.4 Å². The van der Waals surface area contributed by atoms with E-state index >= 15 is 0 Å². The lowest BCUT2D eigenvalue weighted by Gasteiger charge is -2.34. The van der Waals surface area contributed by atoms with Crippen molar-refractivity contribution < 1.29 is 9.72 Å². The summed E-state index contributed by atoms with van der Waals surface area (Å²) in [6.07, 6.45) is 5.77. The molecule has 0 saturated carbocycles. The van der Waals surface area contributed by atoms with E-state index in [0.29, 0.717) is 19.4 Å². The Kier molecular flexibility index (Phi) is 3.73. The molecule has 1 heterocycles. The van der Waals surface area contributed by atoms with Crippen LogP contribution in [0.3, 0.4) is 0 Å². The van der Waals surface area contributed by atoms with Gasteiger partial charge in [-0.25, -0.2) is 0 Å². The predicted molar refractivity (Wildman–Crippen MR) is 78.5 cm³/mol. The number of nitro groups is 1. The first kappa shape index (κ1) is 13.8. The monoisotopic (exact) mass is 286 g/mol.